The third-order valence-electron chi connectivity index (χ3n) is 1.48. The molecule has 0 amide bonds. The van der Waals surface area contributed by atoms with Gasteiger partial charge in [-0.1, -0.05) is 17.7 Å². The van der Waals surface area contributed by atoms with E-state index in [1.54, 1.807) is 6.92 Å². The normalized spacial score (nSPS) is 12.7. The van der Waals surface area contributed by atoms with E-state index >= 15 is 0 Å². The van der Waals surface area contributed by atoms with E-state index < -0.39 is 20.5 Å². The van der Waals surface area contributed by atoms with Gasteiger partial charge in [0, 0.05) is 0 Å². The Morgan fingerprint density at radius 1 is 1.07 bits per heavy atom. The summed E-state index contributed by atoms with van der Waals surface area (Å²) in [7, 11) is -9.81. The van der Waals surface area contributed by atoms with Crippen molar-refractivity contribution in [2.45, 2.75) is 11.8 Å². The molecule has 0 atom stereocenters. The molecule has 0 heterocycles. The fourth-order valence-electron chi connectivity index (χ4n) is 0.854. The van der Waals surface area contributed by atoms with Gasteiger partial charge in [-0.15, -0.1) is 0 Å². The van der Waals surface area contributed by atoms with Crippen LogP contribution in [0.4, 0.5) is 0 Å². The number of hydrogen-bond donors (Lipinski definition) is 0. The largest absolute Gasteiger partial charge is 0.725 e. The molecule has 0 aromatic heterocycles. The van der Waals surface area contributed by atoms with Crippen LogP contribution >= 0.6 is 0 Å². The zero-order valence-corrected chi connectivity index (χ0v) is 9.21. The molecule has 15 heavy (non-hydrogen) atoms. The highest BCUT2D eigenvalue weighted by atomic mass is 32.3. The maximum Gasteiger partial charge on any atom is 0.310 e. The minimum atomic E-state index is -5.28. The minimum absolute atomic E-state index is 0.382. The van der Waals surface area contributed by atoms with Crippen LogP contribution in [0.15, 0.2) is 29.2 Å². The van der Waals surface area contributed by atoms with Crippen molar-refractivity contribution in [2.24, 2.45) is 0 Å². The summed E-state index contributed by atoms with van der Waals surface area (Å²) < 4.78 is 56.1. The molecule has 0 spiro atoms. The van der Waals surface area contributed by atoms with E-state index in [2.05, 4.69) is 3.63 Å². The molecule has 84 valence electrons. The maximum atomic E-state index is 11.2. The highest BCUT2D eigenvalue weighted by Gasteiger charge is 2.18. The molecule has 0 aliphatic rings. The average molecular weight is 251 g/mol. The lowest BCUT2D eigenvalue weighted by atomic mass is 10.2. The van der Waals surface area contributed by atoms with Gasteiger partial charge in [0.15, 0.2) is 0 Å². The van der Waals surface area contributed by atoms with Crippen LogP contribution in [-0.4, -0.2) is 21.4 Å². The molecule has 0 bridgehead atoms. The molecular formula is C7H7O6S2-. The van der Waals surface area contributed by atoms with Gasteiger partial charge in [-0.05, 0) is 19.1 Å². The van der Waals surface area contributed by atoms with E-state index in [0.717, 1.165) is 17.7 Å². The van der Waals surface area contributed by atoms with Crippen molar-refractivity contribution in [3.05, 3.63) is 29.8 Å². The van der Waals surface area contributed by atoms with Crippen molar-refractivity contribution < 1.29 is 25.0 Å². The summed E-state index contributed by atoms with van der Waals surface area (Å²) in [5.41, 5.74) is 0.791. The molecule has 6 nitrogen and oxygen atoms in total. The maximum absolute atomic E-state index is 11.2. The molecule has 0 radical (unpaired) electrons. The molecule has 0 saturated heterocycles. The molecule has 1 aromatic rings. The van der Waals surface area contributed by atoms with Gasteiger partial charge in [0.05, 0.1) is 4.90 Å². The molecule has 0 fully saturated rings. The first-order valence-electron chi connectivity index (χ1n) is 3.69. The van der Waals surface area contributed by atoms with Crippen molar-refractivity contribution in [1.82, 2.24) is 0 Å². The highest BCUT2D eigenvalue weighted by Crippen LogP contribution is 2.14. The first kappa shape index (κ1) is 12.1. The second-order valence-electron chi connectivity index (χ2n) is 2.74. The zero-order valence-electron chi connectivity index (χ0n) is 7.58. The van der Waals surface area contributed by atoms with E-state index in [9.17, 15) is 21.4 Å². The molecule has 0 unspecified atom stereocenters. The molecule has 0 saturated carbocycles. The van der Waals surface area contributed by atoms with Gasteiger partial charge in [0.25, 0.3) is 0 Å². The molecule has 1 rings (SSSR count). The van der Waals surface area contributed by atoms with Crippen LogP contribution in [0.5, 0.6) is 0 Å². The van der Waals surface area contributed by atoms with Crippen molar-refractivity contribution in [3.63, 3.8) is 0 Å². The van der Waals surface area contributed by atoms with Crippen LogP contribution < -0.4 is 0 Å². The SMILES string of the molecule is Cc1ccc(S(=O)(=O)OS(=O)(=O)[O-])cc1. The molecule has 0 aliphatic carbocycles. The molecule has 1 aromatic carbocycles. The Morgan fingerprint density at radius 3 is 1.93 bits per heavy atom. The van der Waals surface area contributed by atoms with Crippen LogP contribution in [0.1, 0.15) is 5.56 Å². The summed E-state index contributed by atoms with van der Waals surface area (Å²) in [6.45, 7) is 1.72. The Balaban J connectivity index is 3.13. The van der Waals surface area contributed by atoms with Gasteiger partial charge in [0.1, 0.15) is 0 Å². The Morgan fingerprint density at radius 2 is 1.53 bits per heavy atom. The molecule has 0 aliphatic heterocycles. The van der Waals surface area contributed by atoms with Crippen molar-refractivity contribution >= 4 is 20.5 Å². The summed E-state index contributed by atoms with van der Waals surface area (Å²) in [6, 6.07) is 5.20. The van der Waals surface area contributed by atoms with Crippen LogP contribution in [0, 0.1) is 6.92 Å². The van der Waals surface area contributed by atoms with E-state index in [1.165, 1.54) is 12.1 Å². The van der Waals surface area contributed by atoms with E-state index in [1.807, 2.05) is 0 Å². The van der Waals surface area contributed by atoms with E-state index in [0.29, 0.717) is 0 Å². The van der Waals surface area contributed by atoms with Gasteiger partial charge in [-0.2, -0.15) is 12.0 Å². The fourth-order valence-corrected chi connectivity index (χ4v) is 2.52. The summed E-state index contributed by atoms with van der Waals surface area (Å²) in [5, 5.41) is 0. The first-order chi connectivity index (χ1) is 6.71. The van der Waals surface area contributed by atoms with Crippen LogP contribution in [0.2, 0.25) is 0 Å². The van der Waals surface area contributed by atoms with Crippen molar-refractivity contribution in [2.75, 3.05) is 0 Å². The lowest BCUT2D eigenvalue weighted by molar-refractivity contribution is 0.370. The van der Waals surface area contributed by atoms with Gasteiger partial charge in [-0.3, -0.25) is 0 Å². The van der Waals surface area contributed by atoms with Gasteiger partial charge in [0.2, 0.25) is 10.4 Å². The summed E-state index contributed by atoms with van der Waals surface area (Å²) >= 11 is 0. The highest BCUT2D eigenvalue weighted by molar-refractivity contribution is 7.97. The van der Waals surface area contributed by atoms with E-state index in [4.69, 9.17) is 0 Å². The van der Waals surface area contributed by atoms with Gasteiger partial charge < -0.3 is 4.55 Å². The monoisotopic (exact) mass is 251 g/mol. The predicted octanol–water partition coefficient (Wildman–Crippen LogP) is 0.161. The van der Waals surface area contributed by atoms with E-state index in [-0.39, 0.29) is 4.90 Å². The fraction of sp³-hybridized carbons (Fsp3) is 0.143. The third kappa shape index (κ3) is 3.59. The van der Waals surface area contributed by atoms with Crippen molar-refractivity contribution in [1.29, 1.82) is 0 Å². The number of benzene rings is 1. The standard InChI is InChI=1S/C7H8O6S2/c1-6-2-4-7(5-3-6)14(8,9)13-15(10,11)12/h2-5H,1H3,(H,10,11,12)/p-1. The second kappa shape index (κ2) is 3.89. The smallest absolute Gasteiger partial charge is 0.310 e. The lowest BCUT2D eigenvalue weighted by Gasteiger charge is -2.07. The van der Waals surface area contributed by atoms with Crippen LogP contribution in [-0.2, 0) is 24.1 Å². The molecule has 8 heteroatoms. The van der Waals surface area contributed by atoms with Gasteiger partial charge in [-0.25, -0.2) is 8.42 Å². The lowest BCUT2D eigenvalue weighted by Crippen LogP contribution is -2.12. The number of hydrogen-bond acceptors (Lipinski definition) is 6. The molecule has 0 N–H and O–H groups in total. The summed E-state index contributed by atoms with van der Waals surface area (Å²) in [6.07, 6.45) is 0. The third-order valence-corrected chi connectivity index (χ3v) is 3.72. The Labute approximate surface area is 87.6 Å². The number of rotatable bonds is 3. The quantitative estimate of drug-likeness (QED) is 0.560. The minimum Gasteiger partial charge on any atom is -0.725 e. The Bertz CT molecular complexity index is 540. The summed E-state index contributed by atoms with van der Waals surface area (Å²) in [4.78, 5) is -0.382. The zero-order chi connectivity index (χ0) is 11.7. The van der Waals surface area contributed by atoms with Crippen LogP contribution in [0.3, 0.4) is 0 Å². The summed E-state index contributed by atoms with van der Waals surface area (Å²) in [5.74, 6) is 0. The Kier molecular flexibility index (Phi) is 3.14. The van der Waals surface area contributed by atoms with Gasteiger partial charge >= 0.3 is 10.1 Å². The predicted molar refractivity (Wildman–Crippen MR) is 49.1 cm³/mol. The topological polar surface area (TPSA) is 101 Å². The van der Waals surface area contributed by atoms with Crippen LogP contribution in [0.25, 0.3) is 0 Å². The average Bonchev–Trinajstić information content (AvgIpc) is 2.00. The van der Waals surface area contributed by atoms with Crippen molar-refractivity contribution in [3.8, 4) is 0 Å². The Hall–Kier alpha value is -0.960. The number of aryl methyl sites for hydroxylation is 1. The molecular weight excluding hydrogens is 244 g/mol. The second-order valence-corrected chi connectivity index (χ2v) is 5.48. The first-order valence-corrected chi connectivity index (χ1v) is 6.43.